The van der Waals surface area contributed by atoms with E-state index in [1.54, 1.807) is 18.2 Å². The van der Waals surface area contributed by atoms with Crippen LogP contribution >= 0.6 is 0 Å². The molecule has 4 aromatic rings. The number of H-pyrrole nitrogens is 2. The summed E-state index contributed by atoms with van der Waals surface area (Å²) in [4.78, 5) is 32.6. The number of nitrogens with one attached hydrogen (secondary N) is 2. The summed E-state index contributed by atoms with van der Waals surface area (Å²) in [5.41, 5.74) is -0.861. The normalized spacial score (nSPS) is 11.0. The first-order valence-electron chi connectivity index (χ1n) is 8.43. The second-order valence-corrected chi connectivity index (χ2v) is 6.37. The zero-order valence-electron chi connectivity index (χ0n) is 15.0. The Morgan fingerprint density at radius 3 is 2.55 bits per heavy atom. The summed E-state index contributed by atoms with van der Waals surface area (Å²) in [6.07, 6.45) is -0.0245. The average molecular weight is 394 g/mol. The standard InChI is InChI=1S/C19H12F2N6O2/c1-9-23-15-3-2-10(5-16(15)24-9)4-12-13(20)6-11(7-14(12)21)27-19(29)25-18(28)17(8-22)26-27/h2-3,5-7H,4H2,1H3,(H,23,24)(H,25,28,29). The van der Waals surface area contributed by atoms with Crippen LogP contribution in [-0.2, 0) is 6.42 Å². The van der Waals surface area contributed by atoms with Crippen LogP contribution in [0.2, 0.25) is 0 Å². The van der Waals surface area contributed by atoms with Crippen molar-refractivity contribution < 1.29 is 8.78 Å². The maximum atomic E-state index is 14.7. The number of nitrogens with zero attached hydrogens (tertiary/aromatic N) is 4. The van der Waals surface area contributed by atoms with E-state index in [9.17, 15) is 18.4 Å². The van der Waals surface area contributed by atoms with Gasteiger partial charge >= 0.3 is 5.69 Å². The van der Waals surface area contributed by atoms with Gasteiger partial charge in [-0.15, -0.1) is 5.10 Å². The van der Waals surface area contributed by atoms with Crippen LogP contribution in [0.4, 0.5) is 8.78 Å². The summed E-state index contributed by atoms with van der Waals surface area (Å²) in [6, 6.07) is 8.60. The molecule has 10 heteroatoms. The molecule has 0 atom stereocenters. The Balaban J connectivity index is 1.75. The molecule has 2 aromatic carbocycles. The van der Waals surface area contributed by atoms with Crippen LogP contribution in [0, 0.1) is 29.9 Å². The van der Waals surface area contributed by atoms with E-state index in [0.717, 1.165) is 29.0 Å². The van der Waals surface area contributed by atoms with Gasteiger partial charge in [0.05, 0.1) is 16.7 Å². The van der Waals surface area contributed by atoms with E-state index in [-0.39, 0.29) is 17.7 Å². The van der Waals surface area contributed by atoms with Gasteiger partial charge in [-0.1, -0.05) is 6.07 Å². The molecule has 0 saturated carbocycles. The predicted octanol–water partition coefficient (Wildman–Crippen LogP) is 1.85. The van der Waals surface area contributed by atoms with Crippen molar-refractivity contribution in [3.63, 3.8) is 0 Å². The number of fused-ring (bicyclic) bond motifs is 1. The third kappa shape index (κ3) is 3.29. The highest BCUT2D eigenvalue weighted by atomic mass is 19.1. The summed E-state index contributed by atoms with van der Waals surface area (Å²) in [7, 11) is 0. The van der Waals surface area contributed by atoms with Crippen molar-refractivity contribution in [3.8, 4) is 11.8 Å². The van der Waals surface area contributed by atoms with Gasteiger partial charge in [-0.25, -0.2) is 18.6 Å². The molecule has 4 rings (SSSR count). The van der Waals surface area contributed by atoms with Gasteiger partial charge in [-0.05, 0) is 24.6 Å². The number of hydrogen-bond donors (Lipinski definition) is 2. The molecule has 0 unspecified atom stereocenters. The quantitative estimate of drug-likeness (QED) is 0.549. The van der Waals surface area contributed by atoms with Gasteiger partial charge in [0.1, 0.15) is 23.5 Å². The molecule has 0 aliphatic carbocycles. The smallest absolute Gasteiger partial charge is 0.342 e. The fourth-order valence-electron chi connectivity index (χ4n) is 3.03. The number of nitriles is 1. The molecule has 0 spiro atoms. The maximum Gasteiger partial charge on any atom is 0.349 e. The van der Waals surface area contributed by atoms with Gasteiger partial charge in [0.2, 0.25) is 5.69 Å². The van der Waals surface area contributed by atoms with Crippen molar-refractivity contribution in [1.29, 1.82) is 5.26 Å². The Kier molecular flexibility index (Phi) is 4.27. The molecule has 29 heavy (non-hydrogen) atoms. The number of aromatic nitrogens is 5. The van der Waals surface area contributed by atoms with E-state index in [4.69, 9.17) is 5.26 Å². The summed E-state index contributed by atoms with van der Waals surface area (Å²) in [5, 5.41) is 12.4. The minimum absolute atomic E-state index is 0.0245. The van der Waals surface area contributed by atoms with E-state index in [2.05, 4.69) is 15.1 Å². The second kappa shape index (κ2) is 6.79. The van der Waals surface area contributed by atoms with Crippen molar-refractivity contribution in [2.45, 2.75) is 13.3 Å². The summed E-state index contributed by atoms with van der Waals surface area (Å²) in [5.74, 6) is -1.05. The molecule has 0 aliphatic rings. The number of benzene rings is 2. The monoisotopic (exact) mass is 394 g/mol. The molecule has 2 aromatic heterocycles. The zero-order valence-corrected chi connectivity index (χ0v) is 15.0. The van der Waals surface area contributed by atoms with Crippen molar-refractivity contribution in [2.75, 3.05) is 0 Å². The minimum atomic E-state index is -1.01. The fraction of sp³-hybridized carbons (Fsp3) is 0.105. The molecule has 0 aliphatic heterocycles. The molecule has 0 radical (unpaired) electrons. The lowest BCUT2D eigenvalue weighted by Crippen LogP contribution is -2.33. The predicted molar refractivity (Wildman–Crippen MR) is 98.7 cm³/mol. The first-order valence-corrected chi connectivity index (χ1v) is 8.43. The van der Waals surface area contributed by atoms with E-state index >= 15 is 0 Å². The molecular weight excluding hydrogens is 382 g/mol. The van der Waals surface area contributed by atoms with Crippen LogP contribution in [0.3, 0.4) is 0 Å². The van der Waals surface area contributed by atoms with Crippen LogP contribution in [0.1, 0.15) is 22.6 Å². The third-order valence-corrected chi connectivity index (χ3v) is 4.35. The largest absolute Gasteiger partial charge is 0.349 e. The Bertz CT molecular complexity index is 1400. The van der Waals surface area contributed by atoms with E-state index < -0.39 is 28.6 Å². The third-order valence-electron chi connectivity index (χ3n) is 4.35. The minimum Gasteiger partial charge on any atom is -0.342 e. The van der Waals surface area contributed by atoms with Gasteiger partial charge in [0, 0.05) is 24.1 Å². The Hall–Kier alpha value is -4.13. The lowest BCUT2D eigenvalue weighted by atomic mass is 10.0. The van der Waals surface area contributed by atoms with Crippen LogP contribution in [-0.4, -0.2) is 24.7 Å². The number of aromatic amines is 2. The number of halogens is 2. The zero-order chi connectivity index (χ0) is 20.7. The van der Waals surface area contributed by atoms with E-state index in [1.807, 2.05) is 11.9 Å². The number of hydrogen-bond acceptors (Lipinski definition) is 5. The Morgan fingerprint density at radius 2 is 1.86 bits per heavy atom. The van der Waals surface area contributed by atoms with Gasteiger partial charge in [0.25, 0.3) is 5.56 Å². The first kappa shape index (κ1) is 18.2. The van der Waals surface area contributed by atoms with Crippen LogP contribution < -0.4 is 11.2 Å². The van der Waals surface area contributed by atoms with Gasteiger partial charge in [-0.3, -0.25) is 9.78 Å². The molecule has 0 bridgehead atoms. The van der Waals surface area contributed by atoms with Gasteiger partial charge < -0.3 is 4.98 Å². The van der Waals surface area contributed by atoms with Crippen LogP contribution in [0.5, 0.6) is 0 Å². The van der Waals surface area contributed by atoms with Crippen molar-refractivity contribution in [1.82, 2.24) is 24.7 Å². The molecule has 2 heterocycles. The Labute approximate surface area is 161 Å². The van der Waals surface area contributed by atoms with E-state index in [0.29, 0.717) is 10.2 Å². The Morgan fingerprint density at radius 1 is 1.14 bits per heavy atom. The maximum absolute atomic E-state index is 14.7. The highest BCUT2D eigenvalue weighted by Crippen LogP contribution is 2.22. The topological polar surface area (TPSA) is 120 Å². The molecule has 144 valence electrons. The van der Waals surface area contributed by atoms with Crippen molar-refractivity contribution >= 4 is 11.0 Å². The molecular formula is C19H12F2N6O2. The number of aryl methyl sites for hydroxylation is 1. The SMILES string of the molecule is Cc1nc2ccc(Cc3c(F)cc(-n4nc(C#N)c(=O)[nH]c4=O)cc3F)cc2[nH]1. The summed E-state index contributed by atoms with van der Waals surface area (Å²) < 4.78 is 29.9. The lowest BCUT2D eigenvalue weighted by molar-refractivity contribution is 0.556. The van der Waals surface area contributed by atoms with Gasteiger partial charge in [0.15, 0.2) is 0 Å². The van der Waals surface area contributed by atoms with E-state index in [1.165, 1.54) is 6.07 Å². The summed E-state index contributed by atoms with van der Waals surface area (Å²) >= 11 is 0. The second-order valence-electron chi connectivity index (χ2n) is 6.37. The van der Waals surface area contributed by atoms with Crippen molar-refractivity contribution in [2.24, 2.45) is 0 Å². The first-order chi connectivity index (χ1) is 13.9. The van der Waals surface area contributed by atoms with Crippen molar-refractivity contribution in [3.05, 3.63) is 85.4 Å². The number of imidazole rings is 1. The lowest BCUT2D eigenvalue weighted by Gasteiger charge is -2.09. The fourth-order valence-corrected chi connectivity index (χ4v) is 3.03. The highest BCUT2D eigenvalue weighted by Gasteiger charge is 2.16. The summed E-state index contributed by atoms with van der Waals surface area (Å²) in [6.45, 7) is 1.81. The molecule has 0 fully saturated rings. The average Bonchev–Trinajstić information content (AvgIpc) is 3.04. The molecule has 0 saturated heterocycles. The number of rotatable bonds is 3. The molecule has 0 amide bonds. The van der Waals surface area contributed by atoms with Crippen LogP contribution in [0.25, 0.3) is 16.7 Å². The van der Waals surface area contributed by atoms with Gasteiger partial charge in [-0.2, -0.15) is 9.94 Å². The highest BCUT2D eigenvalue weighted by molar-refractivity contribution is 5.76. The molecule has 2 N–H and O–H groups in total. The van der Waals surface area contributed by atoms with Crippen LogP contribution in [0.15, 0.2) is 39.9 Å². The molecule has 8 nitrogen and oxygen atoms in total.